The lowest BCUT2D eigenvalue weighted by Crippen LogP contribution is -2.25. The van der Waals surface area contributed by atoms with Crippen LogP contribution in [-0.2, 0) is 4.74 Å². The zero-order valence-electron chi connectivity index (χ0n) is 6.73. The standard InChI is InChI=1S/C8H11N3O/c9-7-2-1-6-5-10-3-4-12-8(6)11-7/h1,3,7H,2,4-5,9H2. The topological polar surface area (TPSA) is 60.0 Å². The fourth-order valence-electron chi connectivity index (χ4n) is 1.23. The Morgan fingerprint density at radius 2 is 2.50 bits per heavy atom. The normalized spacial score (nSPS) is 27.9. The summed E-state index contributed by atoms with van der Waals surface area (Å²) in [7, 11) is 0. The molecule has 2 heterocycles. The molecular formula is C8H11N3O. The third-order valence-corrected chi connectivity index (χ3v) is 1.85. The first-order valence-corrected chi connectivity index (χ1v) is 4.00. The van der Waals surface area contributed by atoms with Crippen LogP contribution in [0.5, 0.6) is 0 Å². The van der Waals surface area contributed by atoms with Crippen LogP contribution < -0.4 is 5.73 Å². The van der Waals surface area contributed by atoms with Crippen molar-refractivity contribution in [3.05, 3.63) is 11.6 Å². The fourth-order valence-corrected chi connectivity index (χ4v) is 1.23. The molecule has 1 atom stereocenters. The van der Waals surface area contributed by atoms with E-state index in [0.29, 0.717) is 19.0 Å². The van der Waals surface area contributed by atoms with Crippen LogP contribution in [0.2, 0.25) is 0 Å². The molecule has 2 rings (SSSR count). The van der Waals surface area contributed by atoms with Crippen molar-refractivity contribution in [1.82, 2.24) is 0 Å². The highest BCUT2D eigenvalue weighted by Gasteiger charge is 2.16. The minimum atomic E-state index is -0.137. The van der Waals surface area contributed by atoms with Crippen molar-refractivity contribution in [3.63, 3.8) is 0 Å². The van der Waals surface area contributed by atoms with Gasteiger partial charge in [-0.25, -0.2) is 4.99 Å². The molecule has 1 unspecified atom stereocenters. The number of nitrogens with zero attached hydrogens (tertiary/aromatic N) is 2. The van der Waals surface area contributed by atoms with Crippen LogP contribution in [0.1, 0.15) is 6.42 Å². The van der Waals surface area contributed by atoms with Crippen molar-refractivity contribution >= 4 is 12.1 Å². The molecule has 0 aromatic carbocycles. The summed E-state index contributed by atoms with van der Waals surface area (Å²) in [6, 6.07) is 0. The maximum Gasteiger partial charge on any atom is 0.215 e. The summed E-state index contributed by atoms with van der Waals surface area (Å²) in [5.74, 6) is 0.672. The largest absolute Gasteiger partial charge is 0.472 e. The molecule has 4 heteroatoms. The summed E-state index contributed by atoms with van der Waals surface area (Å²) in [4.78, 5) is 8.33. The number of hydrogen-bond donors (Lipinski definition) is 1. The van der Waals surface area contributed by atoms with E-state index in [9.17, 15) is 0 Å². The Morgan fingerprint density at radius 3 is 3.42 bits per heavy atom. The van der Waals surface area contributed by atoms with Crippen LogP contribution in [0.25, 0.3) is 0 Å². The Hall–Kier alpha value is -1.16. The van der Waals surface area contributed by atoms with Crippen molar-refractivity contribution < 1.29 is 4.74 Å². The Kier molecular flexibility index (Phi) is 1.91. The molecule has 0 aliphatic carbocycles. The van der Waals surface area contributed by atoms with E-state index in [2.05, 4.69) is 16.1 Å². The Labute approximate surface area is 70.8 Å². The van der Waals surface area contributed by atoms with Gasteiger partial charge in [-0.15, -0.1) is 0 Å². The first-order valence-electron chi connectivity index (χ1n) is 4.00. The molecule has 0 fully saturated rings. The minimum Gasteiger partial charge on any atom is -0.472 e. The summed E-state index contributed by atoms with van der Waals surface area (Å²) >= 11 is 0. The van der Waals surface area contributed by atoms with E-state index >= 15 is 0 Å². The van der Waals surface area contributed by atoms with Gasteiger partial charge >= 0.3 is 0 Å². The number of nitrogens with two attached hydrogens (primary N) is 1. The molecule has 4 nitrogen and oxygen atoms in total. The van der Waals surface area contributed by atoms with Crippen molar-refractivity contribution in [2.45, 2.75) is 12.6 Å². The van der Waals surface area contributed by atoms with E-state index in [-0.39, 0.29) is 6.17 Å². The van der Waals surface area contributed by atoms with E-state index < -0.39 is 0 Å². The highest BCUT2D eigenvalue weighted by molar-refractivity contribution is 5.96. The molecule has 64 valence electrons. The van der Waals surface area contributed by atoms with Crippen LogP contribution in [0, 0.1) is 0 Å². The van der Waals surface area contributed by atoms with Crippen molar-refractivity contribution in [2.75, 3.05) is 13.2 Å². The number of fused-ring (bicyclic) bond motifs is 1. The molecule has 2 aliphatic rings. The predicted molar refractivity (Wildman–Crippen MR) is 47.4 cm³/mol. The molecule has 2 N–H and O–H groups in total. The summed E-state index contributed by atoms with van der Waals surface area (Å²) in [5.41, 5.74) is 6.70. The first kappa shape index (κ1) is 7.49. The molecule has 2 aliphatic heterocycles. The zero-order valence-corrected chi connectivity index (χ0v) is 6.73. The van der Waals surface area contributed by atoms with Crippen LogP contribution in [0.4, 0.5) is 0 Å². The van der Waals surface area contributed by atoms with Crippen LogP contribution in [0.15, 0.2) is 21.6 Å². The highest BCUT2D eigenvalue weighted by atomic mass is 16.5. The van der Waals surface area contributed by atoms with E-state index in [1.54, 1.807) is 6.21 Å². The van der Waals surface area contributed by atoms with Gasteiger partial charge in [0.2, 0.25) is 5.90 Å². The molecule has 0 aromatic heterocycles. The summed E-state index contributed by atoms with van der Waals surface area (Å²) in [6.07, 6.45) is 4.46. The SMILES string of the molecule is NC1CC=C2CN=CCOC2=N1. The van der Waals surface area contributed by atoms with Crippen molar-refractivity contribution in [3.8, 4) is 0 Å². The van der Waals surface area contributed by atoms with Crippen LogP contribution >= 0.6 is 0 Å². The molecule has 0 radical (unpaired) electrons. The predicted octanol–water partition coefficient (Wildman–Crippen LogP) is 0.101. The Morgan fingerprint density at radius 1 is 1.58 bits per heavy atom. The van der Waals surface area contributed by atoms with Gasteiger partial charge in [0, 0.05) is 18.2 Å². The lowest BCUT2D eigenvalue weighted by atomic mass is 10.1. The lowest BCUT2D eigenvalue weighted by molar-refractivity contribution is 0.363. The average molecular weight is 165 g/mol. The van der Waals surface area contributed by atoms with Gasteiger partial charge in [0.1, 0.15) is 12.8 Å². The molecule has 0 saturated heterocycles. The molecule has 0 amide bonds. The lowest BCUT2D eigenvalue weighted by Gasteiger charge is -2.15. The van der Waals surface area contributed by atoms with Crippen LogP contribution in [-0.4, -0.2) is 31.4 Å². The van der Waals surface area contributed by atoms with E-state index in [4.69, 9.17) is 10.5 Å². The van der Waals surface area contributed by atoms with E-state index in [0.717, 1.165) is 12.0 Å². The second kappa shape index (κ2) is 3.06. The van der Waals surface area contributed by atoms with E-state index in [1.807, 2.05) is 0 Å². The highest BCUT2D eigenvalue weighted by Crippen LogP contribution is 2.12. The quantitative estimate of drug-likeness (QED) is 0.553. The average Bonchev–Trinajstić information content (AvgIpc) is 2.28. The molecule has 0 saturated carbocycles. The van der Waals surface area contributed by atoms with Gasteiger partial charge in [0.15, 0.2) is 0 Å². The first-order chi connectivity index (χ1) is 5.86. The molecule has 0 spiro atoms. The second-order valence-electron chi connectivity index (χ2n) is 2.80. The van der Waals surface area contributed by atoms with E-state index in [1.165, 1.54) is 0 Å². The van der Waals surface area contributed by atoms with Gasteiger partial charge in [-0.2, -0.15) is 0 Å². The molecule has 0 aromatic rings. The monoisotopic (exact) mass is 165 g/mol. The van der Waals surface area contributed by atoms with Gasteiger partial charge in [-0.3, -0.25) is 4.99 Å². The molecular weight excluding hydrogens is 154 g/mol. The number of dihydropyridines is 1. The Balaban J connectivity index is 2.22. The van der Waals surface area contributed by atoms with Gasteiger partial charge in [0.05, 0.1) is 6.54 Å². The maximum atomic E-state index is 5.64. The van der Waals surface area contributed by atoms with Crippen LogP contribution in [0.3, 0.4) is 0 Å². The number of rotatable bonds is 0. The second-order valence-corrected chi connectivity index (χ2v) is 2.80. The number of hydrogen-bond acceptors (Lipinski definition) is 4. The third kappa shape index (κ3) is 1.38. The fraction of sp³-hybridized carbons (Fsp3) is 0.500. The Bertz CT molecular complexity index is 267. The summed E-state index contributed by atoms with van der Waals surface area (Å²) in [6.45, 7) is 1.18. The summed E-state index contributed by atoms with van der Waals surface area (Å²) in [5, 5.41) is 0. The molecule has 12 heavy (non-hydrogen) atoms. The smallest absolute Gasteiger partial charge is 0.215 e. The van der Waals surface area contributed by atoms with Gasteiger partial charge in [0.25, 0.3) is 0 Å². The van der Waals surface area contributed by atoms with Crippen molar-refractivity contribution in [2.24, 2.45) is 15.7 Å². The minimum absolute atomic E-state index is 0.137. The maximum absolute atomic E-state index is 5.64. The molecule has 0 bridgehead atoms. The van der Waals surface area contributed by atoms with Gasteiger partial charge < -0.3 is 10.5 Å². The number of ether oxygens (including phenoxy) is 1. The number of aliphatic imine (C=N–C) groups is 2. The van der Waals surface area contributed by atoms with Crippen molar-refractivity contribution in [1.29, 1.82) is 0 Å². The van der Waals surface area contributed by atoms with Gasteiger partial charge in [-0.1, -0.05) is 6.08 Å². The third-order valence-electron chi connectivity index (χ3n) is 1.85. The zero-order chi connectivity index (χ0) is 8.39. The summed E-state index contributed by atoms with van der Waals surface area (Å²) < 4.78 is 5.33. The van der Waals surface area contributed by atoms with Gasteiger partial charge in [-0.05, 0) is 0 Å².